The third kappa shape index (κ3) is 5.36. The summed E-state index contributed by atoms with van der Waals surface area (Å²) >= 11 is 0. The van der Waals surface area contributed by atoms with Gasteiger partial charge in [0.25, 0.3) is 5.56 Å². The number of aryl methyl sites for hydroxylation is 1. The molecule has 0 saturated heterocycles. The van der Waals surface area contributed by atoms with E-state index in [4.69, 9.17) is 9.72 Å². The van der Waals surface area contributed by atoms with Gasteiger partial charge in [0, 0.05) is 41.9 Å². The average Bonchev–Trinajstić information content (AvgIpc) is 3.73. The van der Waals surface area contributed by atoms with Gasteiger partial charge in [0.1, 0.15) is 23.4 Å². The summed E-state index contributed by atoms with van der Waals surface area (Å²) in [6.07, 6.45) is 1.38. The summed E-state index contributed by atoms with van der Waals surface area (Å²) in [6.45, 7) is 3.13. The van der Waals surface area contributed by atoms with Gasteiger partial charge in [-0.15, -0.1) is 0 Å². The average molecular weight is 592 g/mol. The second-order valence-corrected chi connectivity index (χ2v) is 11.2. The van der Waals surface area contributed by atoms with Crippen LogP contribution in [0.15, 0.2) is 53.8 Å². The van der Waals surface area contributed by atoms with Crippen molar-refractivity contribution in [1.82, 2.24) is 34.1 Å². The molecule has 222 valence electrons. The van der Waals surface area contributed by atoms with Crippen LogP contribution in [0.2, 0.25) is 0 Å². The number of benzene rings is 1. The van der Waals surface area contributed by atoms with Crippen LogP contribution in [-0.2, 0) is 25.4 Å². The highest BCUT2D eigenvalue weighted by molar-refractivity contribution is 5.79. The Morgan fingerprint density at radius 3 is 2.40 bits per heavy atom. The number of aliphatic hydroxyl groups is 1. The molecule has 5 aromatic rings. The molecule has 0 amide bonds. The second-order valence-electron chi connectivity index (χ2n) is 11.2. The second kappa shape index (κ2) is 10.3. The SMILES string of the molecule is COc1ncnc(C2CC2)c1-c1ncc2cc(C(C)(C)O)c(=O)n(Cc3ccc(-c4nc(C(F)(F)F)cn4C)cc3)c2n1. The molecule has 1 aliphatic carbocycles. The van der Waals surface area contributed by atoms with Gasteiger partial charge in [0.05, 0.1) is 24.9 Å². The molecule has 13 heteroatoms. The highest BCUT2D eigenvalue weighted by Crippen LogP contribution is 2.45. The highest BCUT2D eigenvalue weighted by Gasteiger charge is 2.35. The van der Waals surface area contributed by atoms with Crippen molar-refractivity contribution < 1.29 is 23.0 Å². The fourth-order valence-electron chi connectivity index (χ4n) is 5.09. The maximum atomic E-state index is 13.8. The first-order valence-corrected chi connectivity index (χ1v) is 13.6. The lowest BCUT2D eigenvalue weighted by Crippen LogP contribution is -2.32. The monoisotopic (exact) mass is 591 g/mol. The Morgan fingerprint density at radius 2 is 1.79 bits per heavy atom. The molecule has 0 radical (unpaired) electrons. The molecule has 1 saturated carbocycles. The molecule has 0 spiro atoms. The number of ether oxygens (including phenoxy) is 1. The highest BCUT2D eigenvalue weighted by atomic mass is 19.4. The normalized spacial score (nSPS) is 14.0. The van der Waals surface area contributed by atoms with Gasteiger partial charge in [-0.2, -0.15) is 13.2 Å². The van der Waals surface area contributed by atoms with Crippen molar-refractivity contribution in [3.05, 3.63) is 81.9 Å². The summed E-state index contributed by atoms with van der Waals surface area (Å²) in [7, 11) is 3.01. The van der Waals surface area contributed by atoms with Crippen molar-refractivity contribution in [1.29, 1.82) is 0 Å². The first kappa shape index (κ1) is 28.5. The number of halogens is 3. The lowest BCUT2D eigenvalue weighted by Gasteiger charge is -2.20. The van der Waals surface area contributed by atoms with E-state index in [1.807, 2.05) is 0 Å². The van der Waals surface area contributed by atoms with Crippen LogP contribution in [0.5, 0.6) is 5.88 Å². The van der Waals surface area contributed by atoms with Gasteiger partial charge >= 0.3 is 6.18 Å². The quantitative estimate of drug-likeness (QED) is 0.286. The summed E-state index contributed by atoms with van der Waals surface area (Å²) < 4.78 is 47.8. The fourth-order valence-corrected chi connectivity index (χ4v) is 5.09. The predicted octanol–water partition coefficient (Wildman–Crippen LogP) is 4.83. The summed E-state index contributed by atoms with van der Waals surface area (Å²) in [5, 5.41) is 11.3. The standard InChI is InChI=1S/C30H28F3N7O3/c1-29(2,42)20-11-19-12-34-24(22-23(17-9-10-17)35-15-36-27(22)43-4)38-26(19)40(28(20)41)13-16-5-7-18(8-6-16)25-37-21(14-39(25)3)30(31,32)33/h5-8,11-12,14-15,17,42H,9-10,13H2,1-4H3. The molecule has 1 aliphatic rings. The molecular formula is C30H28F3N7O3. The van der Waals surface area contributed by atoms with Gasteiger partial charge in [0.2, 0.25) is 5.88 Å². The third-order valence-electron chi connectivity index (χ3n) is 7.43. The number of methoxy groups -OCH3 is 1. The lowest BCUT2D eigenvalue weighted by molar-refractivity contribution is -0.140. The van der Waals surface area contributed by atoms with Crippen molar-refractivity contribution in [2.75, 3.05) is 7.11 Å². The number of nitrogens with zero attached hydrogens (tertiary/aromatic N) is 7. The molecular weight excluding hydrogens is 563 g/mol. The van der Waals surface area contributed by atoms with E-state index in [0.717, 1.165) is 24.7 Å². The first-order valence-electron chi connectivity index (χ1n) is 13.6. The van der Waals surface area contributed by atoms with Gasteiger partial charge in [-0.25, -0.2) is 24.9 Å². The van der Waals surface area contributed by atoms with Gasteiger partial charge in [-0.3, -0.25) is 9.36 Å². The van der Waals surface area contributed by atoms with E-state index in [1.54, 1.807) is 36.5 Å². The fraction of sp³-hybridized carbons (Fsp3) is 0.333. The Morgan fingerprint density at radius 1 is 1.07 bits per heavy atom. The maximum absolute atomic E-state index is 13.8. The molecule has 1 aromatic carbocycles. The number of aromatic nitrogens is 7. The molecule has 0 unspecified atom stereocenters. The Balaban J connectivity index is 1.46. The van der Waals surface area contributed by atoms with Crippen molar-refractivity contribution in [3.63, 3.8) is 0 Å². The van der Waals surface area contributed by atoms with Crippen LogP contribution in [0.3, 0.4) is 0 Å². The Hall–Kier alpha value is -4.65. The van der Waals surface area contributed by atoms with Gasteiger partial charge in [0.15, 0.2) is 11.5 Å². The van der Waals surface area contributed by atoms with Crippen molar-refractivity contribution in [3.8, 4) is 28.7 Å². The Bertz CT molecular complexity index is 1900. The lowest BCUT2D eigenvalue weighted by atomic mass is 9.98. The first-order chi connectivity index (χ1) is 20.3. The topological polar surface area (TPSA) is 121 Å². The number of alkyl halides is 3. The van der Waals surface area contributed by atoms with E-state index in [0.29, 0.717) is 39.4 Å². The molecule has 0 bridgehead atoms. The van der Waals surface area contributed by atoms with Crippen LogP contribution >= 0.6 is 0 Å². The van der Waals surface area contributed by atoms with E-state index in [9.17, 15) is 23.1 Å². The molecule has 10 nitrogen and oxygen atoms in total. The number of fused-ring (bicyclic) bond motifs is 1. The van der Waals surface area contributed by atoms with Crippen LogP contribution in [0.25, 0.3) is 33.8 Å². The molecule has 6 rings (SSSR count). The van der Waals surface area contributed by atoms with E-state index in [-0.39, 0.29) is 23.9 Å². The summed E-state index contributed by atoms with van der Waals surface area (Å²) in [5.74, 6) is 1.04. The summed E-state index contributed by atoms with van der Waals surface area (Å²) in [4.78, 5) is 35.6. The maximum Gasteiger partial charge on any atom is 0.434 e. The molecule has 0 aliphatic heterocycles. The number of hydrogen-bond acceptors (Lipinski definition) is 8. The zero-order valence-corrected chi connectivity index (χ0v) is 23.8. The smallest absolute Gasteiger partial charge is 0.434 e. The number of hydrogen-bond donors (Lipinski definition) is 1. The van der Waals surface area contributed by atoms with Crippen molar-refractivity contribution in [2.24, 2.45) is 7.05 Å². The van der Waals surface area contributed by atoms with E-state index in [2.05, 4.69) is 19.9 Å². The largest absolute Gasteiger partial charge is 0.480 e. The molecule has 0 atom stereocenters. The zero-order chi connectivity index (χ0) is 30.7. The van der Waals surface area contributed by atoms with Gasteiger partial charge < -0.3 is 14.4 Å². The Kier molecular flexibility index (Phi) is 6.79. The number of rotatable bonds is 7. The summed E-state index contributed by atoms with van der Waals surface area (Å²) in [6, 6.07) is 8.32. The zero-order valence-electron chi connectivity index (χ0n) is 23.8. The van der Waals surface area contributed by atoms with Crippen LogP contribution < -0.4 is 10.3 Å². The predicted molar refractivity (Wildman–Crippen MR) is 151 cm³/mol. The Labute approximate surface area is 243 Å². The van der Waals surface area contributed by atoms with Crippen LogP contribution in [0.1, 0.15) is 55.1 Å². The van der Waals surface area contributed by atoms with Gasteiger partial charge in [-0.05, 0) is 38.3 Å². The molecule has 1 fully saturated rings. The molecule has 43 heavy (non-hydrogen) atoms. The van der Waals surface area contributed by atoms with Crippen molar-refractivity contribution in [2.45, 2.75) is 50.9 Å². The summed E-state index contributed by atoms with van der Waals surface area (Å²) in [5.41, 5.74) is 0.160. The molecule has 4 heterocycles. The van der Waals surface area contributed by atoms with E-state index < -0.39 is 23.0 Å². The van der Waals surface area contributed by atoms with Crippen LogP contribution in [0, 0.1) is 0 Å². The van der Waals surface area contributed by atoms with Crippen LogP contribution in [-0.4, -0.2) is 46.3 Å². The minimum Gasteiger partial charge on any atom is -0.480 e. The number of pyridine rings is 1. The van der Waals surface area contributed by atoms with E-state index in [1.165, 1.54) is 43.5 Å². The molecule has 1 N–H and O–H groups in total. The van der Waals surface area contributed by atoms with Crippen molar-refractivity contribution >= 4 is 11.0 Å². The minimum absolute atomic E-state index is 0.0717. The molecule has 4 aromatic heterocycles. The van der Waals surface area contributed by atoms with Gasteiger partial charge in [-0.1, -0.05) is 24.3 Å². The van der Waals surface area contributed by atoms with Crippen LogP contribution in [0.4, 0.5) is 13.2 Å². The minimum atomic E-state index is -4.56. The third-order valence-corrected chi connectivity index (χ3v) is 7.43. The van der Waals surface area contributed by atoms with E-state index >= 15 is 0 Å². The number of imidazole rings is 1.